The average Bonchev–Trinajstić information content (AvgIpc) is 2.45. The number of cyclic esters (lactones) is 1. The maximum atomic E-state index is 11.1. The van der Waals surface area contributed by atoms with Crippen molar-refractivity contribution in [2.45, 2.75) is 26.4 Å². The Kier molecular flexibility index (Phi) is 3.08. The van der Waals surface area contributed by atoms with Crippen LogP contribution in [0.4, 0.5) is 4.79 Å². The molecule has 0 atom stereocenters. The summed E-state index contributed by atoms with van der Waals surface area (Å²) < 4.78 is 9.47. The van der Waals surface area contributed by atoms with E-state index in [4.69, 9.17) is 4.74 Å². The number of hydrogen-bond donors (Lipinski definition) is 1. The van der Waals surface area contributed by atoms with Gasteiger partial charge in [-0.3, -0.25) is 0 Å². The molecule has 0 saturated carbocycles. The standard InChI is InChI=1S/C9H12N2O4/c1-9(2,3)15-8(13)11-10-6-4-5-7(12)14-6/h4-5H,1-3H3,(H,11,13)/b10-6-. The van der Waals surface area contributed by atoms with E-state index in [0.29, 0.717) is 0 Å². The fourth-order valence-electron chi connectivity index (χ4n) is 0.772. The zero-order chi connectivity index (χ0) is 11.5. The molecule has 6 nitrogen and oxygen atoms in total. The quantitative estimate of drug-likeness (QED) is 0.518. The van der Waals surface area contributed by atoms with Crippen molar-refractivity contribution < 1.29 is 19.1 Å². The third-order valence-corrected chi connectivity index (χ3v) is 1.22. The number of nitrogens with one attached hydrogen (secondary N) is 1. The van der Waals surface area contributed by atoms with Gasteiger partial charge in [-0.15, -0.1) is 5.10 Å². The summed E-state index contributed by atoms with van der Waals surface area (Å²) in [5.41, 5.74) is 1.51. The summed E-state index contributed by atoms with van der Waals surface area (Å²) in [6, 6.07) is 0. The average molecular weight is 212 g/mol. The first-order valence-corrected chi connectivity index (χ1v) is 4.33. The summed E-state index contributed by atoms with van der Waals surface area (Å²) in [4.78, 5) is 21.7. The SMILES string of the molecule is CC(C)(C)OC(=O)N/N=C1/C=CC(=O)O1. The largest absolute Gasteiger partial charge is 0.443 e. The normalized spacial score (nSPS) is 17.8. The molecule has 15 heavy (non-hydrogen) atoms. The van der Waals surface area contributed by atoms with Crippen LogP contribution in [0.3, 0.4) is 0 Å². The molecule has 0 saturated heterocycles. The Morgan fingerprint density at radius 2 is 2.13 bits per heavy atom. The Balaban J connectivity index is 2.41. The van der Waals surface area contributed by atoms with E-state index in [9.17, 15) is 9.59 Å². The predicted molar refractivity (Wildman–Crippen MR) is 52.0 cm³/mol. The molecule has 1 amide bonds. The fraction of sp³-hybridized carbons (Fsp3) is 0.444. The molecule has 0 fully saturated rings. The van der Waals surface area contributed by atoms with Crippen LogP contribution in [0.2, 0.25) is 0 Å². The van der Waals surface area contributed by atoms with Crippen molar-refractivity contribution in [1.29, 1.82) is 0 Å². The molecule has 1 N–H and O–H groups in total. The summed E-state index contributed by atoms with van der Waals surface area (Å²) in [5.74, 6) is -0.481. The van der Waals surface area contributed by atoms with E-state index in [0.717, 1.165) is 0 Å². The Hall–Kier alpha value is -1.85. The molecule has 0 radical (unpaired) electrons. The van der Waals surface area contributed by atoms with Gasteiger partial charge in [-0.25, -0.2) is 15.0 Å². The van der Waals surface area contributed by atoms with Gasteiger partial charge in [0, 0.05) is 12.2 Å². The number of hydrazone groups is 1. The van der Waals surface area contributed by atoms with Crippen LogP contribution in [-0.2, 0) is 14.3 Å². The maximum Gasteiger partial charge on any atom is 0.428 e. The molecule has 6 heteroatoms. The zero-order valence-corrected chi connectivity index (χ0v) is 8.73. The van der Waals surface area contributed by atoms with Crippen molar-refractivity contribution in [1.82, 2.24) is 5.43 Å². The number of carbonyl (C=O) groups is 2. The zero-order valence-electron chi connectivity index (χ0n) is 8.73. The van der Waals surface area contributed by atoms with E-state index in [-0.39, 0.29) is 5.90 Å². The van der Waals surface area contributed by atoms with Crippen LogP contribution in [0, 0.1) is 0 Å². The Labute approximate surface area is 86.9 Å². The van der Waals surface area contributed by atoms with E-state index >= 15 is 0 Å². The highest BCUT2D eigenvalue weighted by Gasteiger charge is 2.16. The molecule has 0 aromatic rings. The second kappa shape index (κ2) is 4.12. The summed E-state index contributed by atoms with van der Waals surface area (Å²) >= 11 is 0. The highest BCUT2D eigenvalue weighted by Crippen LogP contribution is 2.06. The first-order valence-electron chi connectivity index (χ1n) is 4.33. The molecular formula is C9H12N2O4. The fourth-order valence-corrected chi connectivity index (χ4v) is 0.772. The number of hydrogen-bond acceptors (Lipinski definition) is 5. The second-order valence-corrected chi connectivity index (χ2v) is 3.82. The highest BCUT2D eigenvalue weighted by atomic mass is 16.6. The second-order valence-electron chi connectivity index (χ2n) is 3.82. The van der Waals surface area contributed by atoms with Gasteiger partial charge < -0.3 is 9.47 Å². The van der Waals surface area contributed by atoms with Gasteiger partial charge in [0.25, 0.3) is 0 Å². The van der Waals surface area contributed by atoms with Gasteiger partial charge in [0.15, 0.2) is 0 Å². The van der Waals surface area contributed by atoms with Crippen LogP contribution in [0.1, 0.15) is 20.8 Å². The number of nitrogens with zero attached hydrogens (tertiary/aromatic N) is 1. The smallest absolute Gasteiger partial charge is 0.428 e. The summed E-state index contributed by atoms with van der Waals surface area (Å²) in [6.07, 6.45) is 1.85. The predicted octanol–water partition coefficient (Wildman–Crippen LogP) is 0.938. The monoisotopic (exact) mass is 212 g/mol. The van der Waals surface area contributed by atoms with Crippen molar-refractivity contribution in [2.24, 2.45) is 5.10 Å². The van der Waals surface area contributed by atoms with Crippen LogP contribution in [0.5, 0.6) is 0 Å². The molecule has 1 aliphatic heterocycles. The molecule has 82 valence electrons. The Bertz CT molecular complexity index is 339. The van der Waals surface area contributed by atoms with E-state index in [1.54, 1.807) is 20.8 Å². The van der Waals surface area contributed by atoms with Crippen molar-refractivity contribution in [2.75, 3.05) is 0 Å². The minimum absolute atomic E-state index is 0.0332. The number of amides is 1. The summed E-state index contributed by atoms with van der Waals surface area (Å²) in [5, 5.41) is 3.52. The van der Waals surface area contributed by atoms with Crippen LogP contribution < -0.4 is 5.43 Å². The lowest BCUT2D eigenvalue weighted by atomic mass is 10.2. The highest BCUT2D eigenvalue weighted by molar-refractivity contribution is 6.07. The number of esters is 1. The van der Waals surface area contributed by atoms with Crippen LogP contribution in [0.15, 0.2) is 17.3 Å². The maximum absolute atomic E-state index is 11.1. The molecule has 1 heterocycles. The van der Waals surface area contributed by atoms with Gasteiger partial charge in [0.05, 0.1) is 0 Å². The van der Waals surface area contributed by atoms with Gasteiger partial charge in [-0.1, -0.05) is 0 Å². The van der Waals surface area contributed by atoms with Crippen LogP contribution >= 0.6 is 0 Å². The molecule has 0 spiro atoms. The number of ether oxygens (including phenoxy) is 2. The Morgan fingerprint density at radius 3 is 2.60 bits per heavy atom. The van der Waals surface area contributed by atoms with E-state index < -0.39 is 17.7 Å². The van der Waals surface area contributed by atoms with Crippen molar-refractivity contribution in [3.8, 4) is 0 Å². The molecule has 0 aromatic carbocycles. The lowest BCUT2D eigenvalue weighted by Crippen LogP contribution is -2.30. The number of carbonyl (C=O) groups excluding carboxylic acids is 2. The molecule has 1 rings (SSSR count). The van der Waals surface area contributed by atoms with Crippen LogP contribution in [0.25, 0.3) is 0 Å². The Morgan fingerprint density at radius 1 is 1.47 bits per heavy atom. The van der Waals surface area contributed by atoms with E-state index in [2.05, 4.69) is 15.3 Å². The van der Waals surface area contributed by atoms with Gasteiger partial charge >= 0.3 is 12.1 Å². The van der Waals surface area contributed by atoms with E-state index in [1.165, 1.54) is 12.2 Å². The third-order valence-electron chi connectivity index (χ3n) is 1.22. The molecule has 0 aromatic heterocycles. The third kappa shape index (κ3) is 4.26. The van der Waals surface area contributed by atoms with Gasteiger partial charge in [0.1, 0.15) is 5.60 Å². The molecular weight excluding hydrogens is 200 g/mol. The molecule has 0 bridgehead atoms. The van der Waals surface area contributed by atoms with E-state index in [1.807, 2.05) is 0 Å². The minimum Gasteiger partial charge on any atom is -0.443 e. The van der Waals surface area contributed by atoms with Crippen molar-refractivity contribution >= 4 is 18.0 Å². The van der Waals surface area contributed by atoms with Gasteiger partial charge in [-0.2, -0.15) is 0 Å². The summed E-state index contributed by atoms with van der Waals surface area (Å²) in [6.45, 7) is 5.19. The lowest BCUT2D eigenvalue weighted by Gasteiger charge is -2.18. The van der Waals surface area contributed by atoms with Crippen molar-refractivity contribution in [3.63, 3.8) is 0 Å². The molecule has 0 unspecified atom stereocenters. The van der Waals surface area contributed by atoms with Gasteiger partial charge in [0.2, 0.25) is 5.90 Å². The number of rotatable bonds is 1. The van der Waals surface area contributed by atoms with Gasteiger partial charge in [-0.05, 0) is 20.8 Å². The summed E-state index contributed by atoms with van der Waals surface area (Å²) in [7, 11) is 0. The topological polar surface area (TPSA) is 77.0 Å². The first-order chi connectivity index (χ1) is 6.87. The minimum atomic E-state index is -0.702. The lowest BCUT2D eigenvalue weighted by molar-refractivity contribution is -0.129. The molecule has 0 aliphatic carbocycles. The van der Waals surface area contributed by atoms with Crippen molar-refractivity contribution in [3.05, 3.63) is 12.2 Å². The first kappa shape index (κ1) is 11.2. The molecule has 1 aliphatic rings. The van der Waals surface area contributed by atoms with Crippen LogP contribution in [-0.4, -0.2) is 23.6 Å².